The first-order chi connectivity index (χ1) is 16.6. The van der Waals surface area contributed by atoms with Gasteiger partial charge in [-0.05, 0) is 37.3 Å². The van der Waals surface area contributed by atoms with Gasteiger partial charge < -0.3 is 9.64 Å². The van der Waals surface area contributed by atoms with Gasteiger partial charge in [-0.3, -0.25) is 0 Å². The molecule has 1 unspecified atom stereocenters. The molecule has 34 heavy (non-hydrogen) atoms. The summed E-state index contributed by atoms with van der Waals surface area (Å²) >= 11 is 0. The molecule has 0 saturated carbocycles. The molecule has 2 aliphatic rings. The van der Waals surface area contributed by atoms with Crippen LogP contribution in [0.3, 0.4) is 0 Å². The van der Waals surface area contributed by atoms with Crippen LogP contribution in [0.4, 0.5) is 11.4 Å². The lowest BCUT2D eigenvalue weighted by molar-refractivity contribution is -0.401. The lowest BCUT2D eigenvalue weighted by Gasteiger charge is -2.23. The van der Waals surface area contributed by atoms with Crippen molar-refractivity contribution in [2.75, 3.05) is 18.5 Å². The molecule has 2 heterocycles. The highest BCUT2D eigenvalue weighted by Gasteiger charge is 2.47. The molecule has 0 aromatic heterocycles. The first kappa shape index (κ1) is 20.7. The third-order valence-corrected chi connectivity index (χ3v) is 7.39. The van der Waals surface area contributed by atoms with Crippen molar-refractivity contribution < 1.29 is 9.31 Å². The Morgan fingerprint density at radius 3 is 2.44 bits per heavy atom. The van der Waals surface area contributed by atoms with E-state index >= 15 is 0 Å². The largest absolute Gasteiger partial charge is 0.438 e. The average Bonchev–Trinajstić information content (AvgIpc) is 3.33. The molecule has 0 fully saturated rings. The quantitative estimate of drug-likeness (QED) is 0.320. The average molecular weight is 446 g/mol. The Labute approximate surface area is 201 Å². The highest BCUT2D eigenvalue weighted by Crippen LogP contribution is 2.46. The van der Waals surface area contributed by atoms with Crippen LogP contribution in [-0.2, 0) is 11.8 Å². The number of anilines is 1. The molecule has 1 atom stereocenters. The summed E-state index contributed by atoms with van der Waals surface area (Å²) in [4.78, 5) is 2.29. The van der Waals surface area contributed by atoms with Gasteiger partial charge in [0.15, 0.2) is 11.5 Å². The zero-order chi connectivity index (χ0) is 23.3. The molecule has 0 amide bonds. The Hall–Kier alpha value is -3.85. The predicted molar refractivity (Wildman–Crippen MR) is 140 cm³/mol. The third-order valence-electron chi connectivity index (χ3n) is 7.39. The minimum Gasteiger partial charge on any atom is -0.438 e. The number of allylic oxidation sites excluding steroid dienone is 1. The van der Waals surface area contributed by atoms with Crippen molar-refractivity contribution in [1.82, 2.24) is 0 Å². The maximum atomic E-state index is 6.62. The Kier molecular flexibility index (Phi) is 4.80. The van der Waals surface area contributed by atoms with Gasteiger partial charge in [0.25, 0.3) is 0 Å². The van der Waals surface area contributed by atoms with Gasteiger partial charge in [-0.2, -0.15) is 4.58 Å². The number of fused-ring (bicyclic) bond motifs is 4. The van der Waals surface area contributed by atoms with Crippen molar-refractivity contribution >= 4 is 27.9 Å². The maximum Gasteiger partial charge on any atom is 0.209 e. The van der Waals surface area contributed by atoms with Crippen LogP contribution in [0.2, 0.25) is 0 Å². The fourth-order valence-electron chi connectivity index (χ4n) is 5.70. The first-order valence-corrected chi connectivity index (χ1v) is 12.0. The van der Waals surface area contributed by atoms with Crippen molar-refractivity contribution in [2.24, 2.45) is 0 Å². The van der Waals surface area contributed by atoms with E-state index in [2.05, 4.69) is 127 Å². The first-order valence-electron chi connectivity index (χ1n) is 12.0. The zero-order valence-electron chi connectivity index (χ0n) is 20.0. The molecular formula is C31H29N2O+. The number of hydrogen-bond acceptors (Lipinski definition) is 2. The number of benzene rings is 4. The number of para-hydroxylation sites is 1. The number of rotatable bonds is 4. The van der Waals surface area contributed by atoms with Crippen LogP contribution in [0.25, 0.3) is 10.8 Å². The molecule has 168 valence electrons. The maximum absolute atomic E-state index is 6.62. The number of nitrogens with zero attached hydrogens (tertiary/aromatic N) is 2. The molecule has 0 bridgehead atoms. The lowest BCUT2D eigenvalue weighted by atomic mass is 9.74. The van der Waals surface area contributed by atoms with Crippen LogP contribution in [0.1, 0.15) is 25.0 Å². The zero-order valence-corrected chi connectivity index (χ0v) is 20.0. The summed E-state index contributed by atoms with van der Waals surface area (Å²) in [6.45, 7) is 5.39. The van der Waals surface area contributed by atoms with Crippen molar-refractivity contribution in [3.05, 3.63) is 114 Å². The van der Waals surface area contributed by atoms with Crippen LogP contribution in [-0.4, -0.2) is 23.9 Å². The molecule has 0 aliphatic carbocycles. The Morgan fingerprint density at radius 1 is 0.882 bits per heavy atom. The summed E-state index contributed by atoms with van der Waals surface area (Å²) in [7, 11) is 2.18. The van der Waals surface area contributed by atoms with Gasteiger partial charge in [0, 0.05) is 23.6 Å². The minimum absolute atomic E-state index is 0.167. The summed E-state index contributed by atoms with van der Waals surface area (Å²) in [5.74, 6) is 1.84. The summed E-state index contributed by atoms with van der Waals surface area (Å²) < 4.78 is 8.95. The monoisotopic (exact) mass is 445 g/mol. The topological polar surface area (TPSA) is 15.5 Å². The van der Waals surface area contributed by atoms with E-state index in [0.717, 1.165) is 35.7 Å². The molecule has 3 nitrogen and oxygen atoms in total. The van der Waals surface area contributed by atoms with Crippen molar-refractivity contribution in [3.8, 4) is 5.75 Å². The minimum atomic E-state index is -0.167. The van der Waals surface area contributed by atoms with Crippen molar-refractivity contribution in [3.63, 3.8) is 0 Å². The second kappa shape index (κ2) is 7.88. The summed E-state index contributed by atoms with van der Waals surface area (Å²) in [5.41, 5.74) is 6.17. The summed E-state index contributed by atoms with van der Waals surface area (Å²) in [6.07, 6.45) is 3.19. The summed E-state index contributed by atoms with van der Waals surface area (Å²) in [6, 6.07) is 32.4. The Balaban J connectivity index is 1.49. The van der Waals surface area contributed by atoms with Crippen LogP contribution < -0.4 is 9.64 Å². The molecular weight excluding hydrogens is 416 g/mol. The molecule has 0 radical (unpaired) electrons. The van der Waals surface area contributed by atoms with Gasteiger partial charge >= 0.3 is 0 Å². The van der Waals surface area contributed by atoms with Gasteiger partial charge in [0.2, 0.25) is 11.6 Å². The highest BCUT2D eigenvalue weighted by atomic mass is 16.5. The number of hydrogen-bond donors (Lipinski definition) is 0. The van der Waals surface area contributed by atoms with E-state index < -0.39 is 0 Å². The van der Waals surface area contributed by atoms with Crippen LogP contribution in [0.15, 0.2) is 103 Å². The fourth-order valence-corrected chi connectivity index (χ4v) is 5.70. The van der Waals surface area contributed by atoms with E-state index in [1.54, 1.807) is 0 Å². The van der Waals surface area contributed by atoms with E-state index in [9.17, 15) is 0 Å². The van der Waals surface area contributed by atoms with Gasteiger partial charge in [-0.25, -0.2) is 0 Å². The lowest BCUT2D eigenvalue weighted by Crippen LogP contribution is -2.34. The fraction of sp³-hybridized carbons (Fsp3) is 0.194. The van der Waals surface area contributed by atoms with Gasteiger partial charge in [-0.1, -0.05) is 78.9 Å². The van der Waals surface area contributed by atoms with Gasteiger partial charge in [0.05, 0.1) is 17.2 Å². The molecule has 6 rings (SSSR count). The van der Waals surface area contributed by atoms with Crippen LogP contribution in [0, 0.1) is 0 Å². The van der Waals surface area contributed by atoms with Crippen molar-refractivity contribution in [2.45, 2.75) is 25.7 Å². The third kappa shape index (κ3) is 3.07. The van der Waals surface area contributed by atoms with E-state index in [4.69, 9.17) is 4.74 Å². The second-order valence-corrected chi connectivity index (χ2v) is 9.42. The normalized spacial score (nSPS) is 20.1. The second-order valence-electron chi connectivity index (χ2n) is 9.42. The van der Waals surface area contributed by atoms with Crippen LogP contribution >= 0.6 is 0 Å². The smallest absolute Gasteiger partial charge is 0.209 e. The molecule has 0 saturated heterocycles. The highest BCUT2D eigenvalue weighted by molar-refractivity contribution is 6.05. The van der Waals surface area contributed by atoms with E-state index in [-0.39, 0.29) is 5.41 Å². The van der Waals surface area contributed by atoms with Gasteiger partial charge in [0.1, 0.15) is 7.05 Å². The predicted octanol–water partition coefficient (Wildman–Crippen LogP) is 6.83. The van der Waals surface area contributed by atoms with Crippen LogP contribution in [0.5, 0.6) is 5.75 Å². The molecule has 3 heteroatoms. The molecule has 4 aromatic rings. The van der Waals surface area contributed by atoms with E-state index in [0.29, 0.717) is 0 Å². The van der Waals surface area contributed by atoms with E-state index in [1.165, 1.54) is 27.9 Å². The standard InChI is InChI=1S/C31H29N2O/c1-4-33-27-19-18-23-14-8-9-15-24(23)30(27)34-29(33)20-28-31(2,21-22-12-6-5-7-13-22)25-16-10-11-17-26(25)32(28)3/h5-20H,4,21H2,1-3H3/q+1. The molecule has 0 N–H and O–H groups in total. The van der Waals surface area contributed by atoms with Crippen molar-refractivity contribution in [1.29, 1.82) is 0 Å². The van der Waals surface area contributed by atoms with Gasteiger partial charge in [-0.15, -0.1) is 0 Å². The number of ether oxygens (including phenoxy) is 1. The molecule has 2 aliphatic heterocycles. The van der Waals surface area contributed by atoms with E-state index in [1.807, 2.05) is 0 Å². The molecule has 4 aromatic carbocycles. The SMILES string of the molecule is CCN1/C(=C/C2=[N+](C)c3ccccc3C2(C)Cc2ccccc2)Oc2c1ccc1ccccc21. The Bertz CT molecular complexity index is 1470. The molecule has 0 spiro atoms. The summed E-state index contributed by atoms with van der Waals surface area (Å²) in [5, 5.41) is 2.35. The Morgan fingerprint density at radius 2 is 1.62 bits per heavy atom.